The third kappa shape index (κ3) is 5.13. The molecular formula is C57H71N3O5. The molecule has 17 rings (SSSR count). The molecule has 3 N–H and O–H groups in total. The van der Waals surface area contributed by atoms with Gasteiger partial charge in [-0.1, -0.05) is 99.9 Å². The number of allylic oxidation sites excluding steroid dienone is 5. The van der Waals surface area contributed by atoms with Crippen LogP contribution in [0, 0.1) is 70.0 Å². The molecule has 3 saturated carbocycles. The molecule has 0 aromatic heterocycles. The van der Waals surface area contributed by atoms with Gasteiger partial charge in [0.1, 0.15) is 11.2 Å². The number of carbonyl (C=O) groups is 2. The van der Waals surface area contributed by atoms with Crippen molar-refractivity contribution in [3.8, 4) is 0 Å². The largest absolute Gasteiger partial charge is 0.509 e. The normalized spacial score (nSPS) is 44.4. The standard InChI is InChI=1S/C57H71N3O5/c1-32-23-39-18-19-45-40-24-34-29-59(31-40)41(25-33-9-3-2-4-10-33)28-46(61)52-55-21-20-42-49(51(39)60(45)30-34)43(32)26-38-17-16-37(35-11-5-6-12-35)27-47(56(55,50(38)42)54(63)64-52)57(55)44-15-7-13-36(14-8-22-58)48(44)53(62)65-57/h7,13,15-19,32-35,37-38,40-41,43,45,47,49,61H,2-6,8-12,14,20-31,58H2,1H3. The highest BCUT2D eigenvalue weighted by Crippen LogP contribution is 2.88. The number of benzene rings is 1. The number of hydrogen-bond acceptors (Lipinski definition) is 8. The summed E-state index contributed by atoms with van der Waals surface area (Å²) in [5.41, 5.74) is 11.5. The average molecular weight is 878 g/mol. The summed E-state index contributed by atoms with van der Waals surface area (Å²) in [5.74, 6) is 3.89. The van der Waals surface area contributed by atoms with Crippen molar-refractivity contribution in [3.05, 3.63) is 93.1 Å². The van der Waals surface area contributed by atoms with E-state index in [2.05, 4.69) is 59.2 Å². The van der Waals surface area contributed by atoms with Gasteiger partial charge in [0, 0.05) is 55.2 Å². The Morgan fingerprint density at radius 3 is 2.62 bits per heavy atom. The first-order chi connectivity index (χ1) is 31.8. The second-order valence-corrected chi connectivity index (χ2v) is 24.0. The molecule has 12 bridgehead atoms. The summed E-state index contributed by atoms with van der Waals surface area (Å²) in [6.07, 6.45) is 30.3. The quantitative estimate of drug-likeness (QED) is 0.215. The predicted molar refractivity (Wildman–Crippen MR) is 249 cm³/mol. The Morgan fingerprint density at radius 2 is 1.77 bits per heavy atom. The van der Waals surface area contributed by atoms with Crippen LogP contribution >= 0.6 is 0 Å². The zero-order chi connectivity index (χ0) is 43.6. The maximum atomic E-state index is 16.2. The van der Waals surface area contributed by atoms with Crippen molar-refractivity contribution >= 4 is 11.9 Å². The Morgan fingerprint density at radius 1 is 0.923 bits per heavy atom. The summed E-state index contributed by atoms with van der Waals surface area (Å²) < 4.78 is 14.4. The molecule has 7 aliphatic carbocycles. The van der Waals surface area contributed by atoms with Gasteiger partial charge in [0.05, 0.1) is 17.0 Å². The zero-order valence-corrected chi connectivity index (χ0v) is 38.8. The van der Waals surface area contributed by atoms with Crippen LogP contribution in [0.4, 0.5) is 0 Å². The third-order valence-corrected chi connectivity index (χ3v) is 21.4. The maximum Gasteiger partial charge on any atom is 0.339 e. The van der Waals surface area contributed by atoms with E-state index in [1.54, 1.807) is 5.70 Å². The Kier molecular flexibility index (Phi) is 8.99. The Balaban J connectivity index is 1.05. The molecule has 9 heterocycles. The Bertz CT molecular complexity index is 2400. The molecule has 6 fully saturated rings. The fourth-order valence-electron chi connectivity index (χ4n) is 19.2. The van der Waals surface area contributed by atoms with E-state index < -0.39 is 16.4 Å². The summed E-state index contributed by atoms with van der Waals surface area (Å²) in [6, 6.07) is 6.91. The first-order valence-corrected chi connectivity index (χ1v) is 26.8. The highest BCUT2D eigenvalue weighted by molar-refractivity contribution is 6.00. The number of aliphatic hydroxyl groups is 1. The second kappa shape index (κ2) is 14.5. The number of carbonyl (C=O) groups excluding carboxylic acids is 2. The first kappa shape index (κ1) is 40.4. The molecule has 1 aromatic carbocycles. The molecule has 1 aromatic rings. The van der Waals surface area contributed by atoms with E-state index >= 15 is 9.59 Å². The third-order valence-electron chi connectivity index (χ3n) is 21.4. The lowest BCUT2D eigenvalue weighted by molar-refractivity contribution is -0.282. The minimum absolute atomic E-state index is 0.0961. The van der Waals surface area contributed by atoms with Crippen LogP contribution < -0.4 is 5.73 Å². The van der Waals surface area contributed by atoms with Crippen LogP contribution in [-0.4, -0.2) is 65.1 Å². The zero-order valence-electron chi connectivity index (χ0n) is 38.8. The predicted octanol–water partition coefficient (Wildman–Crippen LogP) is 10.2. The van der Waals surface area contributed by atoms with Gasteiger partial charge in [-0.3, -0.25) is 9.69 Å². The molecule has 0 radical (unpaired) electrons. The van der Waals surface area contributed by atoms with Gasteiger partial charge in [-0.15, -0.1) is 0 Å². The molecule has 9 aliphatic heterocycles. The van der Waals surface area contributed by atoms with Crippen LogP contribution in [0.5, 0.6) is 0 Å². The van der Waals surface area contributed by atoms with Crippen LogP contribution in [0.3, 0.4) is 0 Å². The van der Waals surface area contributed by atoms with E-state index in [4.69, 9.17) is 15.2 Å². The van der Waals surface area contributed by atoms with E-state index in [0.29, 0.717) is 78.7 Å². The number of rotatable bonds is 6. The van der Waals surface area contributed by atoms with E-state index in [1.165, 1.54) is 80.9 Å². The molecule has 344 valence electrons. The van der Waals surface area contributed by atoms with Crippen LogP contribution in [0.1, 0.15) is 144 Å². The number of aliphatic hydroxyl groups excluding tert-OH is 1. The monoisotopic (exact) mass is 878 g/mol. The van der Waals surface area contributed by atoms with Gasteiger partial charge in [0.15, 0.2) is 11.4 Å². The molecule has 3 saturated heterocycles. The fourth-order valence-corrected chi connectivity index (χ4v) is 19.2. The summed E-state index contributed by atoms with van der Waals surface area (Å²) in [4.78, 5) is 37.0. The molecule has 8 heteroatoms. The van der Waals surface area contributed by atoms with Crippen molar-refractivity contribution in [2.45, 2.75) is 147 Å². The van der Waals surface area contributed by atoms with Crippen LogP contribution in [0.2, 0.25) is 0 Å². The highest BCUT2D eigenvalue weighted by Gasteiger charge is 2.94. The molecule has 0 amide bonds. The molecule has 8 nitrogen and oxygen atoms in total. The highest BCUT2D eigenvalue weighted by atomic mass is 16.6. The summed E-state index contributed by atoms with van der Waals surface area (Å²) in [5, 5.41) is 13.4. The van der Waals surface area contributed by atoms with Gasteiger partial charge in [0.25, 0.3) is 0 Å². The van der Waals surface area contributed by atoms with E-state index in [0.717, 1.165) is 69.3 Å². The Hall–Kier alpha value is -3.62. The van der Waals surface area contributed by atoms with E-state index in [1.807, 2.05) is 0 Å². The molecule has 65 heavy (non-hydrogen) atoms. The summed E-state index contributed by atoms with van der Waals surface area (Å²) >= 11 is 0. The second-order valence-electron chi connectivity index (χ2n) is 24.0. The van der Waals surface area contributed by atoms with E-state index in [-0.39, 0.29) is 47.4 Å². The van der Waals surface area contributed by atoms with Gasteiger partial charge in [-0.2, -0.15) is 0 Å². The lowest BCUT2D eigenvalue weighted by atomic mass is 9.27. The maximum absolute atomic E-state index is 16.2. The average Bonchev–Trinajstić information content (AvgIpc) is 4.02. The van der Waals surface area contributed by atoms with Crippen molar-refractivity contribution < 1.29 is 24.2 Å². The minimum atomic E-state index is -1.13. The minimum Gasteiger partial charge on any atom is -0.509 e. The molecular weight excluding hydrogens is 807 g/mol. The van der Waals surface area contributed by atoms with E-state index in [9.17, 15) is 5.11 Å². The van der Waals surface area contributed by atoms with Crippen molar-refractivity contribution in [1.29, 1.82) is 0 Å². The van der Waals surface area contributed by atoms with Crippen molar-refractivity contribution in [1.82, 2.24) is 9.80 Å². The van der Waals surface area contributed by atoms with Crippen molar-refractivity contribution in [3.63, 3.8) is 0 Å². The molecule has 3 spiro atoms. The van der Waals surface area contributed by atoms with Gasteiger partial charge in [-0.25, -0.2) is 4.79 Å². The van der Waals surface area contributed by atoms with Gasteiger partial charge >= 0.3 is 11.9 Å². The first-order valence-electron chi connectivity index (χ1n) is 26.8. The lowest BCUT2D eigenvalue weighted by Gasteiger charge is -2.73. The van der Waals surface area contributed by atoms with Crippen molar-refractivity contribution in [2.24, 2.45) is 75.7 Å². The molecule has 14 atom stereocenters. The van der Waals surface area contributed by atoms with Crippen LogP contribution in [0.15, 0.2) is 76.4 Å². The number of piperidine rings is 2. The number of aryl methyl sites for hydroxylation is 1. The number of ether oxygens (including phenoxy) is 2. The van der Waals surface area contributed by atoms with Gasteiger partial charge in [-0.05, 0) is 141 Å². The topological polar surface area (TPSA) is 105 Å². The van der Waals surface area contributed by atoms with Crippen LogP contribution in [-0.2, 0) is 26.3 Å². The van der Waals surface area contributed by atoms with Crippen LogP contribution in [0.25, 0.3) is 0 Å². The SMILES string of the molecule is CC1CC2=C3C4C5=C6C(C=CC(C7CCCC7)CC7C68C(=O)OC(=C(O)CC(CC6CCCCC6)N6CC9CC(C6)C(C=C2)N3C9)C8(CC5)C72OC(=O)c3c(CCCN)cccc32)CC14. The number of nitrogens with two attached hydrogens (primary N) is 1. The van der Waals surface area contributed by atoms with Gasteiger partial charge in [0.2, 0.25) is 0 Å². The number of esters is 2. The number of fused-ring (bicyclic) bond motifs is 3. The summed E-state index contributed by atoms with van der Waals surface area (Å²) in [7, 11) is 0. The molecule has 16 aliphatic rings. The fraction of sp³-hybridized carbons (Fsp3) is 0.684. The molecule has 14 unspecified atom stereocenters. The van der Waals surface area contributed by atoms with Gasteiger partial charge < -0.3 is 25.2 Å². The number of nitrogens with zero attached hydrogens (tertiary/aromatic N) is 2. The Labute approximate surface area is 386 Å². The van der Waals surface area contributed by atoms with Crippen molar-refractivity contribution in [2.75, 3.05) is 26.2 Å². The number of hydrogen-bond donors (Lipinski definition) is 2. The smallest absolute Gasteiger partial charge is 0.339 e. The summed E-state index contributed by atoms with van der Waals surface area (Å²) in [6.45, 7) is 6.25. The lowest BCUT2D eigenvalue weighted by Crippen LogP contribution is -2.78.